The van der Waals surface area contributed by atoms with Crippen molar-refractivity contribution in [2.45, 2.75) is 38.4 Å². The molecule has 0 saturated heterocycles. The van der Waals surface area contributed by atoms with E-state index in [0.29, 0.717) is 17.8 Å². The van der Waals surface area contributed by atoms with E-state index in [2.05, 4.69) is 9.98 Å². The third-order valence-electron chi connectivity index (χ3n) is 5.21. The molecule has 2 N–H and O–H groups in total. The maximum absolute atomic E-state index is 15.4. The fourth-order valence-electron chi connectivity index (χ4n) is 3.39. The summed E-state index contributed by atoms with van der Waals surface area (Å²) in [7, 11) is 0. The number of aliphatic imine (C=N–C) groups is 2. The molecule has 0 bridgehead atoms. The monoisotopic (exact) mass is 375 g/mol. The molecule has 1 aromatic carbocycles. The number of carbonyl (C=O) groups excluding carboxylic acids is 1. The van der Waals surface area contributed by atoms with Crippen LogP contribution in [0.5, 0.6) is 0 Å². The minimum Gasteiger partial charge on any atom is -0.386 e. The van der Waals surface area contributed by atoms with Crippen LogP contribution < -0.4 is 5.73 Å². The van der Waals surface area contributed by atoms with Gasteiger partial charge in [-0.2, -0.15) is 0 Å². The van der Waals surface area contributed by atoms with E-state index in [0.717, 1.165) is 5.57 Å². The van der Waals surface area contributed by atoms with Gasteiger partial charge in [0.05, 0.1) is 13.2 Å². The molecule has 0 aliphatic carbocycles. The second kappa shape index (κ2) is 6.96. The lowest BCUT2D eigenvalue weighted by atomic mass is 9.78. The molecule has 144 valence electrons. The first-order chi connectivity index (χ1) is 12.6. The highest BCUT2D eigenvalue weighted by molar-refractivity contribution is 6.46. The zero-order valence-corrected chi connectivity index (χ0v) is 15.7. The summed E-state index contributed by atoms with van der Waals surface area (Å²) in [6.45, 7) is 4.85. The minimum absolute atomic E-state index is 0.0136. The summed E-state index contributed by atoms with van der Waals surface area (Å²) in [6.07, 6.45) is 1.92. The van der Waals surface area contributed by atoms with Crippen LogP contribution in [0.25, 0.3) is 0 Å². The van der Waals surface area contributed by atoms with Crippen LogP contribution in [0, 0.1) is 5.82 Å². The number of hydrogen-bond acceptors (Lipinski definition) is 5. The number of allylic oxidation sites excluding steroid dienone is 1. The smallest absolute Gasteiger partial charge is 0.185 e. The molecule has 1 aromatic rings. The van der Waals surface area contributed by atoms with Crippen LogP contribution in [-0.4, -0.2) is 42.8 Å². The molecule has 2 atom stereocenters. The Morgan fingerprint density at radius 3 is 2.78 bits per heavy atom. The SMILES string of the molecule is CC1=CCN=C1C(=O)Cc1ccc(F)c([C@@]2(C)N=C(N)COCC2(C)F)c1. The van der Waals surface area contributed by atoms with Crippen molar-refractivity contribution in [3.63, 3.8) is 0 Å². The number of halogens is 2. The summed E-state index contributed by atoms with van der Waals surface area (Å²) in [5.41, 5.74) is 4.13. The fourth-order valence-corrected chi connectivity index (χ4v) is 3.39. The quantitative estimate of drug-likeness (QED) is 0.879. The zero-order chi connectivity index (χ0) is 19.8. The summed E-state index contributed by atoms with van der Waals surface area (Å²) in [4.78, 5) is 20.9. The molecule has 0 fully saturated rings. The van der Waals surface area contributed by atoms with Crippen LogP contribution in [0.3, 0.4) is 0 Å². The average Bonchev–Trinajstić information content (AvgIpc) is 2.98. The molecule has 1 unspecified atom stereocenters. The van der Waals surface area contributed by atoms with Gasteiger partial charge < -0.3 is 10.5 Å². The highest BCUT2D eigenvalue weighted by Crippen LogP contribution is 2.42. The van der Waals surface area contributed by atoms with Gasteiger partial charge in [0.1, 0.15) is 29.5 Å². The maximum Gasteiger partial charge on any atom is 0.185 e. The summed E-state index contributed by atoms with van der Waals surface area (Å²) in [5, 5.41) is 0. The van der Waals surface area contributed by atoms with E-state index in [1.165, 1.54) is 32.0 Å². The van der Waals surface area contributed by atoms with E-state index < -0.39 is 17.0 Å². The molecule has 7 heteroatoms. The van der Waals surface area contributed by atoms with Crippen molar-refractivity contribution in [1.82, 2.24) is 0 Å². The Kier molecular flexibility index (Phi) is 4.99. The van der Waals surface area contributed by atoms with E-state index in [1.807, 2.05) is 13.0 Å². The molecule has 27 heavy (non-hydrogen) atoms. The van der Waals surface area contributed by atoms with Gasteiger partial charge in [0, 0.05) is 12.0 Å². The summed E-state index contributed by atoms with van der Waals surface area (Å²) >= 11 is 0. The van der Waals surface area contributed by atoms with Crippen LogP contribution in [0.1, 0.15) is 31.9 Å². The first kappa shape index (κ1) is 19.4. The first-order valence-electron chi connectivity index (χ1n) is 8.78. The Labute approximate surface area is 157 Å². The fraction of sp³-hybridized carbons (Fsp3) is 0.450. The van der Waals surface area contributed by atoms with E-state index in [4.69, 9.17) is 10.5 Å². The number of amidine groups is 1. The van der Waals surface area contributed by atoms with Crippen molar-refractivity contribution in [3.05, 3.63) is 46.8 Å². The average molecular weight is 375 g/mol. The van der Waals surface area contributed by atoms with Gasteiger partial charge in [-0.1, -0.05) is 12.1 Å². The van der Waals surface area contributed by atoms with E-state index in [-0.39, 0.29) is 36.8 Å². The molecular weight excluding hydrogens is 352 g/mol. The Balaban J connectivity index is 1.99. The van der Waals surface area contributed by atoms with Crippen molar-refractivity contribution >= 4 is 17.3 Å². The molecule has 0 spiro atoms. The number of ketones is 1. The van der Waals surface area contributed by atoms with Crippen LogP contribution in [-0.2, 0) is 21.5 Å². The Morgan fingerprint density at radius 1 is 1.37 bits per heavy atom. The number of Topliss-reactive ketones (excluding diaryl/α,β-unsaturated/α-hetero) is 1. The van der Waals surface area contributed by atoms with E-state index >= 15 is 4.39 Å². The molecule has 0 saturated carbocycles. The van der Waals surface area contributed by atoms with Crippen molar-refractivity contribution < 1.29 is 18.3 Å². The Morgan fingerprint density at radius 2 is 2.11 bits per heavy atom. The molecule has 2 aliphatic heterocycles. The van der Waals surface area contributed by atoms with Crippen molar-refractivity contribution in [1.29, 1.82) is 0 Å². The van der Waals surface area contributed by atoms with Gasteiger partial charge in [0.2, 0.25) is 0 Å². The highest BCUT2D eigenvalue weighted by Gasteiger charge is 2.50. The van der Waals surface area contributed by atoms with Gasteiger partial charge in [0.15, 0.2) is 11.5 Å². The number of alkyl halides is 1. The third-order valence-corrected chi connectivity index (χ3v) is 5.21. The second-order valence-electron chi connectivity index (χ2n) is 7.36. The lowest BCUT2D eigenvalue weighted by Crippen LogP contribution is -2.46. The molecule has 0 aromatic heterocycles. The normalized spacial score (nSPS) is 28.3. The first-order valence-corrected chi connectivity index (χ1v) is 8.78. The lowest BCUT2D eigenvalue weighted by Gasteiger charge is -2.36. The van der Waals surface area contributed by atoms with E-state index in [9.17, 15) is 9.18 Å². The number of nitrogens with two attached hydrogens (primary N) is 1. The lowest BCUT2D eigenvalue weighted by molar-refractivity contribution is -0.112. The van der Waals surface area contributed by atoms with Gasteiger partial charge >= 0.3 is 0 Å². The second-order valence-corrected chi connectivity index (χ2v) is 7.36. The van der Waals surface area contributed by atoms with Gasteiger partial charge in [-0.3, -0.25) is 14.8 Å². The minimum atomic E-state index is -1.98. The van der Waals surface area contributed by atoms with Crippen molar-refractivity contribution in [3.8, 4) is 0 Å². The van der Waals surface area contributed by atoms with E-state index in [1.54, 1.807) is 0 Å². The Hall–Kier alpha value is -2.41. The van der Waals surface area contributed by atoms with Crippen LogP contribution in [0.15, 0.2) is 39.8 Å². The topological polar surface area (TPSA) is 77.0 Å². The van der Waals surface area contributed by atoms with Crippen LogP contribution in [0.2, 0.25) is 0 Å². The molecule has 2 heterocycles. The summed E-state index contributed by atoms with van der Waals surface area (Å²) < 4.78 is 35.3. The summed E-state index contributed by atoms with van der Waals surface area (Å²) in [6, 6.07) is 4.24. The molecule has 0 radical (unpaired) electrons. The molecule has 3 rings (SSSR count). The molecule has 2 aliphatic rings. The molecule has 0 amide bonds. The Bertz CT molecular complexity index is 874. The number of benzene rings is 1. The van der Waals surface area contributed by atoms with Crippen LogP contribution in [0.4, 0.5) is 8.78 Å². The number of ether oxygens (including phenoxy) is 1. The zero-order valence-electron chi connectivity index (χ0n) is 15.7. The van der Waals surface area contributed by atoms with Crippen molar-refractivity contribution in [2.24, 2.45) is 15.7 Å². The standard InChI is InChI=1S/C20H23F2N3O2/c1-12-6-7-24-18(12)16(26)9-13-4-5-15(21)14(8-13)20(3)19(2,22)11-27-10-17(23)25-20/h4-6,8H,7,9-11H2,1-3H3,(H2,23,25)/t19?,20-/m1/s1. The van der Waals surface area contributed by atoms with Crippen LogP contribution >= 0.6 is 0 Å². The summed E-state index contributed by atoms with van der Waals surface area (Å²) in [5.74, 6) is -0.662. The van der Waals surface area contributed by atoms with Crippen molar-refractivity contribution in [2.75, 3.05) is 19.8 Å². The highest BCUT2D eigenvalue weighted by atomic mass is 19.1. The van der Waals surface area contributed by atoms with Gasteiger partial charge in [-0.15, -0.1) is 0 Å². The molecular formula is C20H23F2N3O2. The van der Waals surface area contributed by atoms with Gasteiger partial charge in [-0.05, 0) is 44.0 Å². The number of carbonyl (C=O) groups is 1. The number of hydrogen-bond donors (Lipinski definition) is 1. The van der Waals surface area contributed by atoms with Gasteiger partial charge in [0.25, 0.3) is 0 Å². The number of rotatable bonds is 4. The largest absolute Gasteiger partial charge is 0.386 e. The predicted molar refractivity (Wildman–Crippen MR) is 100 cm³/mol. The predicted octanol–water partition coefficient (Wildman–Crippen LogP) is 2.67. The number of nitrogens with zero attached hydrogens (tertiary/aromatic N) is 2. The maximum atomic E-state index is 15.4. The molecule has 5 nitrogen and oxygen atoms in total. The van der Waals surface area contributed by atoms with Gasteiger partial charge in [-0.25, -0.2) is 8.78 Å². The third kappa shape index (κ3) is 3.56.